The Bertz CT molecular complexity index is 811. The van der Waals surface area contributed by atoms with Gasteiger partial charge >= 0.3 is 0 Å². The summed E-state index contributed by atoms with van der Waals surface area (Å²) >= 11 is 0. The largest absolute Gasteiger partial charge is 0.351 e. The highest BCUT2D eigenvalue weighted by atomic mass is 19.1. The molecular weight excluding hydrogens is 291 g/mol. The summed E-state index contributed by atoms with van der Waals surface area (Å²) in [6, 6.07) is 16.3. The number of carbonyl (C=O) groups is 1. The van der Waals surface area contributed by atoms with Crippen molar-refractivity contribution in [1.29, 1.82) is 0 Å². The molecule has 1 heterocycles. The van der Waals surface area contributed by atoms with Gasteiger partial charge < -0.3 is 10.3 Å². The molecule has 4 heteroatoms. The summed E-state index contributed by atoms with van der Waals surface area (Å²) in [7, 11) is 0. The van der Waals surface area contributed by atoms with Crippen LogP contribution in [0, 0.1) is 5.82 Å². The number of rotatable bonds is 5. The van der Waals surface area contributed by atoms with Crippen LogP contribution in [0.3, 0.4) is 0 Å². The molecule has 1 unspecified atom stereocenters. The van der Waals surface area contributed by atoms with E-state index in [9.17, 15) is 9.18 Å². The molecule has 3 nitrogen and oxygen atoms in total. The number of amides is 1. The van der Waals surface area contributed by atoms with Crippen molar-refractivity contribution >= 4 is 16.8 Å². The van der Waals surface area contributed by atoms with Gasteiger partial charge in [-0.2, -0.15) is 0 Å². The van der Waals surface area contributed by atoms with Crippen LogP contribution in [0.2, 0.25) is 0 Å². The standard InChI is InChI=1S/C19H19FN2O/c1-13(14-5-3-2-4-6-14)9-10-21-19(23)18-12-15-11-16(20)7-8-17(15)22-18/h2-8,11-13,22H,9-10H2,1H3,(H,21,23). The zero-order valence-corrected chi connectivity index (χ0v) is 13.0. The van der Waals surface area contributed by atoms with Crippen molar-refractivity contribution in [2.75, 3.05) is 6.54 Å². The van der Waals surface area contributed by atoms with Crippen LogP contribution in [0.15, 0.2) is 54.6 Å². The minimum Gasteiger partial charge on any atom is -0.351 e. The zero-order chi connectivity index (χ0) is 16.2. The fraction of sp³-hybridized carbons (Fsp3) is 0.211. The van der Waals surface area contributed by atoms with Crippen molar-refractivity contribution in [1.82, 2.24) is 10.3 Å². The Balaban J connectivity index is 1.58. The zero-order valence-electron chi connectivity index (χ0n) is 13.0. The van der Waals surface area contributed by atoms with Crippen LogP contribution in [0.25, 0.3) is 10.9 Å². The van der Waals surface area contributed by atoms with E-state index in [2.05, 4.69) is 29.4 Å². The third-order valence-corrected chi connectivity index (χ3v) is 4.06. The topological polar surface area (TPSA) is 44.9 Å². The molecule has 0 saturated heterocycles. The molecule has 118 valence electrons. The maximum absolute atomic E-state index is 13.2. The van der Waals surface area contributed by atoms with E-state index in [1.807, 2.05) is 18.2 Å². The number of hydrogen-bond acceptors (Lipinski definition) is 1. The number of hydrogen-bond donors (Lipinski definition) is 2. The Kier molecular flexibility index (Phi) is 4.42. The number of carbonyl (C=O) groups excluding carboxylic acids is 1. The predicted molar refractivity (Wildman–Crippen MR) is 90.1 cm³/mol. The summed E-state index contributed by atoms with van der Waals surface area (Å²) in [5.41, 5.74) is 2.48. The van der Waals surface area contributed by atoms with Crippen molar-refractivity contribution in [3.05, 3.63) is 71.7 Å². The monoisotopic (exact) mass is 310 g/mol. The van der Waals surface area contributed by atoms with Crippen LogP contribution in [0.5, 0.6) is 0 Å². The highest BCUT2D eigenvalue weighted by Crippen LogP contribution is 2.18. The van der Waals surface area contributed by atoms with Gasteiger partial charge in [0.25, 0.3) is 5.91 Å². The van der Waals surface area contributed by atoms with Crippen LogP contribution in [-0.2, 0) is 0 Å². The van der Waals surface area contributed by atoms with Gasteiger partial charge in [-0.15, -0.1) is 0 Å². The van der Waals surface area contributed by atoms with E-state index in [-0.39, 0.29) is 11.7 Å². The minimum absolute atomic E-state index is 0.165. The normalized spacial score (nSPS) is 12.3. The molecule has 23 heavy (non-hydrogen) atoms. The lowest BCUT2D eigenvalue weighted by atomic mass is 9.98. The first-order valence-electron chi connectivity index (χ1n) is 7.75. The molecule has 0 radical (unpaired) electrons. The van der Waals surface area contributed by atoms with E-state index in [1.54, 1.807) is 12.1 Å². The number of fused-ring (bicyclic) bond motifs is 1. The van der Waals surface area contributed by atoms with E-state index >= 15 is 0 Å². The number of halogens is 1. The van der Waals surface area contributed by atoms with Gasteiger partial charge in [-0.1, -0.05) is 37.3 Å². The van der Waals surface area contributed by atoms with Gasteiger partial charge in [-0.05, 0) is 42.2 Å². The third kappa shape index (κ3) is 3.59. The second-order valence-electron chi connectivity index (χ2n) is 5.77. The fourth-order valence-electron chi connectivity index (χ4n) is 2.67. The van der Waals surface area contributed by atoms with Gasteiger partial charge in [0.1, 0.15) is 11.5 Å². The molecular formula is C19H19FN2O. The number of nitrogens with one attached hydrogen (secondary N) is 2. The summed E-state index contributed by atoms with van der Waals surface area (Å²) in [5.74, 6) is -0.0877. The molecule has 1 amide bonds. The summed E-state index contributed by atoms with van der Waals surface area (Å²) in [5, 5.41) is 3.61. The summed E-state index contributed by atoms with van der Waals surface area (Å²) in [4.78, 5) is 15.2. The van der Waals surface area contributed by atoms with Gasteiger partial charge in [0.15, 0.2) is 0 Å². The first-order valence-corrected chi connectivity index (χ1v) is 7.75. The van der Waals surface area contributed by atoms with Crippen LogP contribution in [0.4, 0.5) is 4.39 Å². The maximum atomic E-state index is 13.2. The van der Waals surface area contributed by atoms with E-state index in [0.717, 1.165) is 11.9 Å². The summed E-state index contributed by atoms with van der Waals surface area (Å²) in [6.45, 7) is 2.74. The molecule has 1 aromatic heterocycles. The lowest BCUT2D eigenvalue weighted by Crippen LogP contribution is -2.25. The number of H-pyrrole nitrogens is 1. The first kappa shape index (κ1) is 15.3. The molecule has 1 atom stereocenters. The maximum Gasteiger partial charge on any atom is 0.267 e. The molecule has 0 aliphatic heterocycles. The second kappa shape index (κ2) is 6.65. The van der Waals surface area contributed by atoms with Crippen LogP contribution in [-0.4, -0.2) is 17.4 Å². The van der Waals surface area contributed by atoms with Gasteiger partial charge in [0, 0.05) is 17.4 Å². The van der Waals surface area contributed by atoms with E-state index in [4.69, 9.17) is 0 Å². The number of aromatic amines is 1. The highest BCUT2D eigenvalue weighted by molar-refractivity contribution is 5.97. The summed E-state index contributed by atoms with van der Waals surface area (Å²) < 4.78 is 13.2. The Hall–Kier alpha value is -2.62. The second-order valence-corrected chi connectivity index (χ2v) is 5.77. The Labute approximate surface area is 134 Å². The van der Waals surface area contributed by atoms with Crippen molar-refractivity contribution in [2.24, 2.45) is 0 Å². The Morgan fingerprint density at radius 2 is 1.96 bits per heavy atom. The molecule has 0 fully saturated rings. The third-order valence-electron chi connectivity index (χ3n) is 4.06. The molecule has 0 saturated carbocycles. The molecule has 2 aromatic carbocycles. The highest BCUT2D eigenvalue weighted by Gasteiger charge is 2.11. The van der Waals surface area contributed by atoms with Crippen molar-refractivity contribution in [2.45, 2.75) is 19.3 Å². The average Bonchev–Trinajstić information content (AvgIpc) is 2.98. The molecule has 3 aromatic rings. The van der Waals surface area contributed by atoms with E-state index < -0.39 is 0 Å². The molecule has 0 bridgehead atoms. The molecule has 0 aliphatic carbocycles. The van der Waals surface area contributed by atoms with Crippen LogP contribution < -0.4 is 5.32 Å². The average molecular weight is 310 g/mol. The first-order chi connectivity index (χ1) is 11.1. The Morgan fingerprint density at radius 1 is 1.17 bits per heavy atom. The van der Waals surface area contributed by atoms with Gasteiger partial charge in [-0.3, -0.25) is 4.79 Å². The van der Waals surface area contributed by atoms with Crippen molar-refractivity contribution in [3.8, 4) is 0 Å². The van der Waals surface area contributed by atoms with Crippen LogP contribution >= 0.6 is 0 Å². The van der Waals surface area contributed by atoms with E-state index in [1.165, 1.54) is 17.7 Å². The SMILES string of the molecule is CC(CCNC(=O)c1cc2cc(F)ccc2[nH]1)c1ccccc1. The van der Waals surface area contributed by atoms with Crippen LogP contribution in [0.1, 0.15) is 35.3 Å². The van der Waals surface area contributed by atoms with Gasteiger partial charge in [0.2, 0.25) is 0 Å². The van der Waals surface area contributed by atoms with Gasteiger partial charge in [-0.25, -0.2) is 4.39 Å². The van der Waals surface area contributed by atoms with E-state index in [0.29, 0.717) is 23.5 Å². The fourth-order valence-corrected chi connectivity index (χ4v) is 2.67. The lowest BCUT2D eigenvalue weighted by molar-refractivity contribution is 0.0948. The lowest BCUT2D eigenvalue weighted by Gasteiger charge is -2.12. The molecule has 0 spiro atoms. The van der Waals surface area contributed by atoms with Crippen molar-refractivity contribution in [3.63, 3.8) is 0 Å². The quantitative estimate of drug-likeness (QED) is 0.728. The Morgan fingerprint density at radius 3 is 2.74 bits per heavy atom. The minimum atomic E-state index is -0.305. The smallest absolute Gasteiger partial charge is 0.267 e. The molecule has 3 rings (SSSR count). The predicted octanol–water partition coefficient (Wildman–Crippen LogP) is 4.23. The van der Waals surface area contributed by atoms with Gasteiger partial charge in [0.05, 0.1) is 0 Å². The molecule has 0 aliphatic rings. The van der Waals surface area contributed by atoms with Crippen molar-refractivity contribution < 1.29 is 9.18 Å². The summed E-state index contributed by atoms with van der Waals surface area (Å²) in [6.07, 6.45) is 0.866. The molecule has 2 N–H and O–H groups in total. The number of aromatic nitrogens is 1. The number of benzene rings is 2.